The molecule has 4 nitrogen and oxygen atoms in total. The van der Waals surface area contributed by atoms with Gasteiger partial charge in [-0.2, -0.15) is 15.3 Å². The van der Waals surface area contributed by atoms with Gasteiger partial charge < -0.3 is 0 Å². The molecule has 100 valence electrons. The Morgan fingerprint density at radius 1 is 0.950 bits per heavy atom. The first-order valence-corrected chi connectivity index (χ1v) is 5.63. The summed E-state index contributed by atoms with van der Waals surface area (Å²) in [6.45, 7) is 0. The van der Waals surface area contributed by atoms with E-state index in [0.717, 1.165) is 12.1 Å². The van der Waals surface area contributed by atoms with Crippen molar-refractivity contribution in [2.45, 2.75) is 0 Å². The van der Waals surface area contributed by atoms with Crippen LogP contribution in [-0.2, 0) is 0 Å². The molecule has 1 aromatic carbocycles. The van der Waals surface area contributed by atoms with Crippen LogP contribution in [0.2, 0.25) is 0 Å². The van der Waals surface area contributed by atoms with Gasteiger partial charge in [0.05, 0.1) is 29.3 Å². The van der Waals surface area contributed by atoms with Crippen LogP contribution < -0.4 is 0 Å². The lowest BCUT2D eigenvalue weighted by molar-refractivity contribution is 0.498. The highest BCUT2D eigenvalue weighted by Gasteiger charge is 2.18. The zero-order valence-electron chi connectivity index (χ0n) is 9.94. The van der Waals surface area contributed by atoms with Gasteiger partial charge in [0.2, 0.25) is 0 Å². The third kappa shape index (κ3) is 2.03. The molecule has 0 aliphatic rings. The van der Waals surface area contributed by atoms with Crippen LogP contribution in [0.1, 0.15) is 0 Å². The van der Waals surface area contributed by atoms with Gasteiger partial charge in [-0.3, -0.25) is 5.10 Å². The van der Waals surface area contributed by atoms with Crippen molar-refractivity contribution < 1.29 is 13.2 Å². The lowest BCUT2D eigenvalue weighted by Gasteiger charge is -2.02. The van der Waals surface area contributed by atoms with Gasteiger partial charge in [0, 0.05) is 5.56 Å². The summed E-state index contributed by atoms with van der Waals surface area (Å²) >= 11 is 0. The standard InChI is InChI=1S/C13H7F3N4/c14-8-1-2-9(15)13(16)12(8)11-5-10(19-20-11)7-3-4-17-18-6-7/h1-6H,(H,19,20). The summed E-state index contributed by atoms with van der Waals surface area (Å²) in [6, 6.07) is 4.66. The van der Waals surface area contributed by atoms with Crippen molar-refractivity contribution in [1.82, 2.24) is 20.4 Å². The molecule has 0 unspecified atom stereocenters. The summed E-state index contributed by atoms with van der Waals surface area (Å²) in [5.41, 5.74) is 0.620. The van der Waals surface area contributed by atoms with E-state index in [1.54, 1.807) is 6.07 Å². The molecular weight excluding hydrogens is 269 g/mol. The smallest absolute Gasteiger partial charge is 0.171 e. The van der Waals surface area contributed by atoms with Crippen LogP contribution >= 0.6 is 0 Å². The van der Waals surface area contributed by atoms with Crippen molar-refractivity contribution in [3.63, 3.8) is 0 Å². The number of aromatic nitrogens is 4. The molecule has 0 amide bonds. The first-order chi connectivity index (χ1) is 9.66. The van der Waals surface area contributed by atoms with Gasteiger partial charge in [0.15, 0.2) is 11.6 Å². The van der Waals surface area contributed by atoms with Gasteiger partial charge in [-0.05, 0) is 24.3 Å². The maximum absolute atomic E-state index is 13.7. The van der Waals surface area contributed by atoms with Crippen LogP contribution in [0.25, 0.3) is 22.5 Å². The Bertz CT molecular complexity index is 756. The third-order valence-electron chi connectivity index (χ3n) is 2.77. The fourth-order valence-corrected chi connectivity index (χ4v) is 1.81. The Morgan fingerprint density at radius 3 is 2.50 bits per heavy atom. The van der Waals surface area contributed by atoms with Gasteiger partial charge in [0.25, 0.3) is 0 Å². The number of halogens is 3. The van der Waals surface area contributed by atoms with Crippen molar-refractivity contribution in [3.8, 4) is 22.5 Å². The highest BCUT2D eigenvalue weighted by atomic mass is 19.2. The van der Waals surface area contributed by atoms with E-state index in [-0.39, 0.29) is 5.69 Å². The first-order valence-electron chi connectivity index (χ1n) is 5.63. The molecule has 3 rings (SSSR count). The molecule has 1 N–H and O–H groups in total. The second-order valence-electron chi connectivity index (χ2n) is 4.02. The summed E-state index contributed by atoms with van der Waals surface area (Å²) in [6.07, 6.45) is 2.92. The monoisotopic (exact) mass is 276 g/mol. The van der Waals surface area contributed by atoms with E-state index >= 15 is 0 Å². The van der Waals surface area contributed by atoms with E-state index in [1.807, 2.05) is 0 Å². The minimum atomic E-state index is -1.26. The van der Waals surface area contributed by atoms with Crippen molar-refractivity contribution in [3.05, 3.63) is 54.1 Å². The molecule has 0 bridgehead atoms. The Kier molecular flexibility index (Phi) is 2.94. The molecule has 0 atom stereocenters. The minimum Gasteiger partial charge on any atom is -0.277 e. The van der Waals surface area contributed by atoms with Crippen LogP contribution in [0.4, 0.5) is 13.2 Å². The van der Waals surface area contributed by atoms with Crippen molar-refractivity contribution in [2.75, 3.05) is 0 Å². The number of aromatic amines is 1. The second kappa shape index (κ2) is 4.76. The van der Waals surface area contributed by atoms with Gasteiger partial charge >= 0.3 is 0 Å². The normalized spacial score (nSPS) is 10.8. The number of nitrogens with zero attached hydrogens (tertiary/aromatic N) is 3. The Labute approximate surface area is 111 Å². The molecule has 0 aliphatic carbocycles. The molecule has 7 heteroatoms. The highest BCUT2D eigenvalue weighted by molar-refractivity contribution is 5.68. The van der Waals surface area contributed by atoms with E-state index in [2.05, 4.69) is 20.4 Å². The van der Waals surface area contributed by atoms with E-state index in [1.165, 1.54) is 18.5 Å². The lowest BCUT2D eigenvalue weighted by atomic mass is 10.1. The SMILES string of the molecule is Fc1ccc(F)c(-c2cc(-c3ccnnc3)n[nH]2)c1F. The van der Waals surface area contributed by atoms with Gasteiger partial charge in [0.1, 0.15) is 5.82 Å². The molecule has 0 aliphatic heterocycles. The molecule has 0 radical (unpaired) electrons. The summed E-state index contributed by atoms with van der Waals surface area (Å²) in [7, 11) is 0. The van der Waals surface area contributed by atoms with Gasteiger partial charge in [-0.25, -0.2) is 13.2 Å². The van der Waals surface area contributed by atoms with E-state index < -0.39 is 23.0 Å². The molecule has 20 heavy (non-hydrogen) atoms. The molecule has 3 aromatic rings. The molecule has 2 heterocycles. The van der Waals surface area contributed by atoms with Gasteiger partial charge in [-0.15, -0.1) is 0 Å². The zero-order valence-corrected chi connectivity index (χ0v) is 9.94. The predicted molar refractivity (Wildman–Crippen MR) is 64.9 cm³/mol. The fraction of sp³-hybridized carbons (Fsp3) is 0. The second-order valence-corrected chi connectivity index (χ2v) is 4.02. The molecule has 0 spiro atoms. The summed E-state index contributed by atoms with van der Waals surface area (Å²) in [5, 5.41) is 13.7. The van der Waals surface area contributed by atoms with Crippen molar-refractivity contribution in [1.29, 1.82) is 0 Å². The van der Waals surface area contributed by atoms with Crippen LogP contribution in [0, 0.1) is 17.5 Å². The average Bonchev–Trinajstić information content (AvgIpc) is 2.94. The molecule has 0 saturated carbocycles. The first kappa shape index (κ1) is 12.3. The molecule has 2 aromatic heterocycles. The summed E-state index contributed by atoms with van der Waals surface area (Å²) in [5.74, 6) is -3.25. The van der Waals surface area contributed by atoms with Crippen molar-refractivity contribution >= 4 is 0 Å². The lowest BCUT2D eigenvalue weighted by Crippen LogP contribution is -1.94. The van der Waals surface area contributed by atoms with Gasteiger partial charge in [-0.1, -0.05) is 0 Å². The summed E-state index contributed by atoms with van der Waals surface area (Å²) < 4.78 is 40.5. The van der Waals surface area contributed by atoms with Crippen LogP contribution in [0.3, 0.4) is 0 Å². The number of benzene rings is 1. The van der Waals surface area contributed by atoms with E-state index in [4.69, 9.17) is 0 Å². The Balaban J connectivity index is 2.10. The maximum Gasteiger partial charge on any atom is 0.171 e. The largest absolute Gasteiger partial charge is 0.277 e. The fourth-order valence-electron chi connectivity index (χ4n) is 1.81. The molecular formula is C13H7F3N4. The van der Waals surface area contributed by atoms with Crippen LogP contribution in [0.5, 0.6) is 0 Å². The van der Waals surface area contributed by atoms with Crippen LogP contribution in [0.15, 0.2) is 36.7 Å². The number of hydrogen-bond donors (Lipinski definition) is 1. The topological polar surface area (TPSA) is 54.5 Å². The number of nitrogens with one attached hydrogen (secondary N) is 1. The molecule has 0 fully saturated rings. The van der Waals surface area contributed by atoms with Crippen molar-refractivity contribution in [2.24, 2.45) is 0 Å². The Hall–Kier alpha value is -2.70. The minimum absolute atomic E-state index is 0.0475. The number of H-pyrrole nitrogens is 1. The van der Waals surface area contributed by atoms with Crippen LogP contribution in [-0.4, -0.2) is 20.4 Å². The number of rotatable bonds is 2. The maximum atomic E-state index is 13.7. The Morgan fingerprint density at radius 2 is 1.75 bits per heavy atom. The molecule has 0 saturated heterocycles. The quantitative estimate of drug-likeness (QED) is 0.732. The highest BCUT2D eigenvalue weighted by Crippen LogP contribution is 2.28. The van der Waals surface area contributed by atoms with E-state index in [9.17, 15) is 13.2 Å². The zero-order chi connectivity index (χ0) is 14.1. The number of hydrogen-bond acceptors (Lipinski definition) is 3. The third-order valence-corrected chi connectivity index (χ3v) is 2.77. The predicted octanol–water partition coefficient (Wildman–Crippen LogP) is 2.95. The summed E-state index contributed by atoms with van der Waals surface area (Å²) in [4.78, 5) is 0. The average molecular weight is 276 g/mol. The van der Waals surface area contributed by atoms with E-state index in [0.29, 0.717) is 11.3 Å².